The molecule has 228 valence electrons. The molecule has 2 aromatic carbocycles. The molecule has 2 aromatic rings. The molecule has 3 aliphatic rings. The van der Waals surface area contributed by atoms with Gasteiger partial charge in [0.05, 0.1) is 17.7 Å². The van der Waals surface area contributed by atoms with E-state index in [-0.39, 0.29) is 29.9 Å². The number of fused-ring (bicyclic) bond motifs is 1. The molecule has 0 saturated carbocycles. The molecule has 2 saturated heterocycles. The number of ether oxygens (including phenoxy) is 1. The van der Waals surface area contributed by atoms with Crippen LogP contribution in [-0.2, 0) is 14.4 Å². The van der Waals surface area contributed by atoms with Gasteiger partial charge < -0.3 is 20.3 Å². The number of piperazine rings is 1. The highest BCUT2D eigenvalue weighted by atomic mass is 16.5. The van der Waals surface area contributed by atoms with Crippen LogP contribution in [0, 0.1) is 0 Å². The number of amides is 5. The number of nitrogens with two attached hydrogens (primary N) is 1. The number of imide groups is 2. The number of carbonyl (C=O) groups excluding carboxylic acids is 5. The van der Waals surface area contributed by atoms with Gasteiger partial charge in [-0.1, -0.05) is 31.7 Å². The normalized spacial score (nSPS) is 18.6. The van der Waals surface area contributed by atoms with Crippen LogP contribution in [0.2, 0.25) is 0 Å². The van der Waals surface area contributed by atoms with Crippen LogP contribution < -0.4 is 20.7 Å². The maximum Gasteiger partial charge on any atom is 0.266 e. The van der Waals surface area contributed by atoms with Crippen LogP contribution in [0.25, 0.3) is 0 Å². The van der Waals surface area contributed by atoms with Gasteiger partial charge in [0.2, 0.25) is 17.7 Å². The Morgan fingerprint density at radius 3 is 2.28 bits per heavy atom. The summed E-state index contributed by atoms with van der Waals surface area (Å²) < 4.78 is 5.90. The third-order valence-corrected chi connectivity index (χ3v) is 8.36. The molecule has 3 aliphatic heterocycles. The Morgan fingerprint density at radius 2 is 1.56 bits per heavy atom. The lowest BCUT2D eigenvalue weighted by atomic mass is 10.0. The Hall–Kier alpha value is -4.41. The van der Waals surface area contributed by atoms with E-state index < -0.39 is 29.7 Å². The van der Waals surface area contributed by atoms with E-state index in [2.05, 4.69) is 10.2 Å². The lowest BCUT2D eigenvalue weighted by molar-refractivity contribution is -0.136. The molecule has 2 fully saturated rings. The Bertz CT molecular complexity index is 1370. The maximum absolute atomic E-state index is 13.1. The number of nitrogen functional groups attached to an aromatic ring is 1. The summed E-state index contributed by atoms with van der Waals surface area (Å²) in [6, 6.07) is 11.7. The van der Waals surface area contributed by atoms with Gasteiger partial charge in [0, 0.05) is 50.4 Å². The van der Waals surface area contributed by atoms with Crippen LogP contribution in [0.15, 0.2) is 42.5 Å². The second-order valence-electron chi connectivity index (χ2n) is 11.3. The second-order valence-corrected chi connectivity index (χ2v) is 11.3. The quantitative estimate of drug-likeness (QED) is 0.219. The molecule has 3 N–H and O–H groups in total. The molecule has 11 heteroatoms. The van der Waals surface area contributed by atoms with Crippen molar-refractivity contribution in [1.29, 1.82) is 0 Å². The Labute approximate surface area is 251 Å². The van der Waals surface area contributed by atoms with Crippen LogP contribution in [-0.4, -0.2) is 78.2 Å². The zero-order valence-corrected chi connectivity index (χ0v) is 24.4. The minimum Gasteiger partial charge on any atom is -0.493 e. The van der Waals surface area contributed by atoms with Gasteiger partial charge >= 0.3 is 0 Å². The summed E-state index contributed by atoms with van der Waals surface area (Å²) in [7, 11) is 0. The van der Waals surface area contributed by atoms with E-state index in [1.807, 2.05) is 29.2 Å². The van der Waals surface area contributed by atoms with Crippen molar-refractivity contribution in [2.45, 2.75) is 63.8 Å². The smallest absolute Gasteiger partial charge is 0.266 e. The molecule has 0 spiro atoms. The summed E-state index contributed by atoms with van der Waals surface area (Å²) in [6.45, 7) is 3.53. The van der Waals surface area contributed by atoms with Gasteiger partial charge in [-0.05, 0) is 55.7 Å². The van der Waals surface area contributed by atoms with Crippen LogP contribution in [0.1, 0.15) is 78.5 Å². The number of benzene rings is 2. The number of piperidine rings is 1. The second kappa shape index (κ2) is 13.7. The average Bonchev–Trinajstić information content (AvgIpc) is 3.26. The Morgan fingerprint density at radius 1 is 0.860 bits per heavy atom. The molecular formula is C32H39N5O6. The van der Waals surface area contributed by atoms with Crippen LogP contribution in [0.4, 0.5) is 11.4 Å². The number of unbranched alkanes of at least 4 members (excludes halogenated alkanes) is 5. The van der Waals surface area contributed by atoms with E-state index in [1.165, 1.54) is 0 Å². The molecule has 0 aliphatic carbocycles. The van der Waals surface area contributed by atoms with Crippen molar-refractivity contribution in [2.24, 2.45) is 0 Å². The lowest BCUT2D eigenvalue weighted by Gasteiger charge is -2.36. The summed E-state index contributed by atoms with van der Waals surface area (Å²) in [5, 5.41) is 2.20. The molecule has 3 heterocycles. The van der Waals surface area contributed by atoms with E-state index in [1.54, 1.807) is 18.2 Å². The van der Waals surface area contributed by atoms with E-state index in [9.17, 15) is 24.0 Å². The molecule has 43 heavy (non-hydrogen) atoms. The minimum absolute atomic E-state index is 0.0762. The molecular weight excluding hydrogens is 550 g/mol. The summed E-state index contributed by atoms with van der Waals surface area (Å²) in [5.41, 5.74) is 8.05. The van der Waals surface area contributed by atoms with Crippen molar-refractivity contribution >= 4 is 40.9 Å². The Balaban J connectivity index is 0.963. The summed E-state index contributed by atoms with van der Waals surface area (Å²) in [4.78, 5) is 67.7. The van der Waals surface area contributed by atoms with Gasteiger partial charge in [0.15, 0.2) is 0 Å². The number of anilines is 2. The Kier molecular flexibility index (Phi) is 9.58. The highest BCUT2D eigenvalue weighted by Gasteiger charge is 2.46. The van der Waals surface area contributed by atoms with Gasteiger partial charge in [0.1, 0.15) is 11.8 Å². The van der Waals surface area contributed by atoms with Crippen molar-refractivity contribution in [1.82, 2.24) is 15.1 Å². The third-order valence-electron chi connectivity index (χ3n) is 8.36. The molecule has 0 radical (unpaired) electrons. The van der Waals surface area contributed by atoms with Crippen LogP contribution in [0.5, 0.6) is 5.75 Å². The summed E-state index contributed by atoms with van der Waals surface area (Å²) in [5.74, 6) is -1.59. The number of hydrogen-bond acceptors (Lipinski definition) is 8. The topological polar surface area (TPSA) is 142 Å². The van der Waals surface area contributed by atoms with Crippen molar-refractivity contribution in [3.8, 4) is 5.75 Å². The van der Waals surface area contributed by atoms with Crippen LogP contribution >= 0.6 is 0 Å². The van der Waals surface area contributed by atoms with E-state index in [4.69, 9.17) is 10.5 Å². The number of rotatable bonds is 12. The van der Waals surface area contributed by atoms with Crippen molar-refractivity contribution in [3.63, 3.8) is 0 Å². The molecule has 0 aromatic heterocycles. The lowest BCUT2D eigenvalue weighted by Crippen LogP contribution is -2.54. The molecule has 0 bridgehead atoms. The predicted molar refractivity (Wildman–Crippen MR) is 161 cm³/mol. The first-order valence-electron chi connectivity index (χ1n) is 15.2. The van der Waals surface area contributed by atoms with Gasteiger partial charge in [-0.2, -0.15) is 0 Å². The first kappa shape index (κ1) is 30.1. The highest BCUT2D eigenvalue weighted by Crippen LogP contribution is 2.33. The van der Waals surface area contributed by atoms with E-state index in [0.717, 1.165) is 81.0 Å². The zero-order chi connectivity index (χ0) is 30.3. The predicted octanol–water partition coefficient (Wildman–Crippen LogP) is 3.13. The fourth-order valence-corrected chi connectivity index (χ4v) is 5.93. The van der Waals surface area contributed by atoms with Gasteiger partial charge in [-0.25, -0.2) is 0 Å². The monoisotopic (exact) mass is 589 g/mol. The van der Waals surface area contributed by atoms with Gasteiger partial charge in [-0.3, -0.25) is 34.2 Å². The number of nitrogens with one attached hydrogen (secondary N) is 1. The van der Waals surface area contributed by atoms with Crippen LogP contribution in [0.3, 0.4) is 0 Å². The van der Waals surface area contributed by atoms with Gasteiger partial charge in [-0.15, -0.1) is 0 Å². The van der Waals surface area contributed by atoms with E-state index >= 15 is 0 Å². The molecule has 5 amide bonds. The molecule has 5 rings (SSSR count). The van der Waals surface area contributed by atoms with Crippen molar-refractivity contribution < 1.29 is 28.7 Å². The number of carbonyl (C=O) groups is 5. The highest BCUT2D eigenvalue weighted by molar-refractivity contribution is 6.24. The largest absolute Gasteiger partial charge is 0.493 e. The minimum atomic E-state index is -1.00. The number of hydrogen-bond donors (Lipinski definition) is 2. The van der Waals surface area contributed by atoms with E-state index in [0.29, 0.717) is 18.8 Å². The summed E-state index contributed by atoms with van der Waals surface area (Å²) in [6.07, 6.45) is 6.44. The first-order valence-corrected chi connectivity index (χ1v) is 15.2. The van der Waals surface area contributed by atoms with Crippen molar-refractivity contribution in [2.75, 3.05) is 43.4 Å². The molecule has 11 nitrogen and oxygen atoms in total. The average molecular weight is 590 g/mol. The fourth-order valence-electron chi connectivity index (χ4n) is 5.93. The fraction of sp³-hybridized carbons (Fsp3) is 0.469. The number of nitrogens with zero attached hydrogens (tertiary/aromatic N) is 3. The SMILES string of the molecule is Nc1ccc(N2CCN(C(=O)CCCCCCCCOc3cccc4c3C(=O)N(C3CCC(=O)NC3=O)C4=O)CC2)cc1. The summed E-state index contributed by atoms with van der Waals surface area (Å²) >= 11 is 0. The standard InChI is InChI=1S/C32H39N5O6/c33-22-11-13-23(14-12-22)35-17-19-36(20-18-35)28(39)10-5-3-1-2-4-6-21-43-26-9-7-8-24-29(26)32(42)37(31(24)41)25-15-16-27(38)34-30(25)40/h7-9,11-14,25H,1-6,10,15-21,33H2,(H,34,38,40). The maximum atomic E-state index is 13.1. The van der Waals surface area contributed by atoms with Gasteiger partial charge in [0.25, 0.3) is 11.8 Å². The molecule has 1 unspecified atom stereocenters. The third kappa shape index (κ3) is 6.98. The van der Waals surface area contributed by atoms with Crippen molar-refractivity contribution in [3.05, 3.63) is 53.6 Å². The molecule has 1 atom stereocenters. The first-order chi connectivity index (χ1) is 20.8. The zero-order valence-electron chi connectivity index (χ0n) is 24.4.